The molecule has 0 rings (SSSR count). The maximum absolute atomic E-state index is 11.3. The highest BCUT2D eigenvalue weighted by Crippen LogP contribution is 2.15. The molecular weight excluding hydrogens is 185 g/mol. The van der Waals surface area contributed by atoms with Crippen molar-refractivity contribution < 1.29 is 17.9 Å². The van der Waals surface area contributed by atoms with E-state index in [4.69, 9.17) is 0 Å². The highest BCUT2D eigenvalue weighted by molar-refractivity contribution is 7.99. The van der Waals surface area contributed by atoms with Crippen LogP contribution < -0.4 is 0 Å². The van der Waals surface area contributed by atoms with E-state index in [-0.39, 0.29) is 6.61 Å². The molecule has 0 unspecified atom stereocenters. The Morgan fingerprint density at radius 3 is 2.10 bits per heavy atom. The predicted octanol–water partition coefficient (Wildman–Crippen LogP) is 1.75. The number of ether oxygens (including phenoxy) is 1. The SMILES string of the molecule is FC(F)(F)COCC(S)S. The van der Waals surface area contributed by atoms with Crippen LogP contribution in [0.4, 0.5) is 13.2 Å². The molecule has 62 valence electrons. The van der Waals surface area contributed by atoms with Gasteiger partial charge in [-0.3, -0.25) is 0 Å². The lowest BCUT2D eigenvalue weighted by molar-refractivity contribution is -0.172. The van der Waals surface area contributed by atoms with E-state index >= 15 is 0 Å². The monoisotopic (exact) mass is 192 g/mol. The summed E-state index contributed by atoms with van der Waals surface area (Å²) in [7, 11) is 0. The van der Waals surface area contributed by atoms with Crippen molar-refractivity contribution in [3.8, 4) is 0 Å². The number of halogens is 3. The summed E-state index contributed by atoms with van der Waals surface area (Å²) in [6.07, 6.45) is -4.25. The van der Waals surface area contributed by atoms with Crippen LogP contribution in [0.3, 0.4) is 0 Å². The molecule has 0 fully saturated rings. The van der Waals surface area contributed by atoms with Crippen molar-refractivity contribution >= 4 is 25.3 Å². The first-order valence-corrected chi connectivity index (χ1v) is 3.46. The number of thiol groups is 2. The van der Waals surface area contributed by atoms with Crippen LogP contribution in [0.2, 0.25) is 0 Å². The molecule has 0 aromatic rings. The molecule has 0 aromatic carbocycles. The molecule has 0 saturated heterocycles. The Morgan fingerprint density at radius 1 is 1.30 bits per heavy atom. The lowest BCUT2D eigenvalue weighted by Gasteiger charge is -2.07. The van der Waals surface area contributed by atoms with Crippen LogP contribution in [0.5, 0.6) is 0 Å². The fraction of sp³-hybridized carbons (Fsp3) is 1.00. The third kappa shape index (κ3) is 8.45. The summed E-state index contributed by atoms with van der Waals surface area (Å²) in [5, 5.41) is 0. The normalized spacial score (nSPS) is 12.6. The molecule has 0 aliphatic heterocycles. The summed E-state index contributed by atoms with van der Waals surface area (Å²) >= 11 is 7.40. The molecule has 1 nitrogen and oxygen atoms in total. The van der Waals surface area contributed by atoms with E-state index in [9.17, 15) is 13.2 Å². The second kappa shape index (κ2) is 4.35. The molecule has 0 aliphatic carbocycles. The molecule has 0 aliphatic rings. The van der Waals surface area contributed by atoms with Crippen molar-refractivity contribution in [1.82, 2.24) is 0 Å². The van der Waals surface area contributed by atoms with Crippen molar-refractivity contribution in [3.05, 3.63) is 0 Å². The predicted molar refractivity (Wildman–Crippen MR) is 38.6 cm³/mol. The summed E-state index contributed by atoms with van der Waals surface area (Å²) in [6.45, 7) is -1.34. The average molecular weight is 192 g/mol. The number of alkyl halides is 3. The highest BCUT2D eigenvalue weighted by atomic mass is 32.2. The van der Waals surface area contributed by atoms with Gasteiger partial charge in [-0.25, -0.2) is 0 Å². The van der Waals surface area contributed by atoms with Gasteiger partial charge in [0.25, 0.3) is 0 Å². The van der Waals surface area contributed by atoms with E-state index in [1.165, 1.54) is 0 Å². The van der Waals surface area contributed by atoms with E-state index in [1.807, 2.05) is 0 Å². The van der Waals surface area contributed by atoms with Gasteiger partial charge >= 0.3 is 6.18 Å². The zero-order valence-electron chi connectivity index (χ0n) is 4.93. The van der Waals surface area contributed by atoms with Gasteiger partial charge in [0.2, 0.25) is 0 Å². The van der Waals surface area contributed by atoms with Crippen molar-refractivity contribution in [2.45, 2.75) is 10.8 Å². The van der Waals surface area contributed by atoms with Gasteiger partial charge in [-0.15, -0.1) is 0 Å². The van der Waals surface area contributed by atoms with E-state index < -0.39 is 17.4 Å². The lowest BCUT2D eigenvalue weighted by Crippen LogP contribution is -2.19. The van der Waals surface area contributed by atoms with E-state index in [0.29, 0.717) is 0 Å². The van der Waals surface area contributed by atoms with E-state index in [1.54, 1.807) is 0 Å². The van der Waals surface area contributed by atoms with E-state index in [2.05, 4.69) is 30.0 Å². The van der Waals surface area contributed by atoms with Gasteiger partial charge in [-0.05, 0) is 0 Å². The molecule has 6 heteroatoms. The first-order valence-electron chi connectivity index (χ1n) is 2.42. The standard InChI is InChI=1S/C4H7F3OS2/c5-4(6,7)2-8-1-3(9)10/h3,9-10H,1-2H2. The van der Waals surface area contributed by atoms with Crippen molar-refractivity contribution in [3.63, 3.8) is 0 Å². The molecule has 0 spiro atoms. The molecule has 0 saturated carbocycles. The fourth-order valence-corrected chi connectivity index (χ4v) is 0.491. The van der Waals surface area contributed by atoms with Gasteiger partial charge in [0, 0.05) is 0 Å². The molecule has 0 bridgehead atoms. The van der Waals surface area contributed by atoms with Crippen LogP contribution in [0.1, 0.15) is 0 Å². The van der Waals surface area contributed by atoms with Crippen LogP contribution in [-0.2, 0) is 4.74 Å². The Balaban J connectivity index is 3.21. The number of hydrogen-bond acceptors (Lipinski definition) is 3. The second-order valence-corrected chi connectivity index (χ2v) is 3.26. The minimum Gasteiger partial charge on any atom is -0.370 e. The molecule has 0 radical (unpaired) electrons. The second-order valence-electron chi connectivity index (χ2n) is 1.61. The topological polar surface area (TPSA) is 9.23 Å². The molecule has 0 N–H and O–H groups in total. The summed E-state index contributed by atoms with van der Waals surface area (Å²) < 4.78 is 37.7. The highest BCUT2D eigenvalue weighted by Gasteiger charge is 2.27. The molecule has 10 heavy (non-hydrogen) atoms. The van der Waals surface area contributed by atoms with Gasteiger partial charge in [0.15, 0.2) is 0 Å². The Hall–Kier alpha value is 0.450. The smallest absolute Gasteiger partial charge is 0.370 e. The summed E-state index contributed by atoms with van der Waals surface area (Å²) in [4.78, 5) is 0. The van der Waals surface area contributed by atoms with Crippen molar-refractivity contribution in [2.75, 3.05) is 13.2 Å². The lowest BCUT2D eigenvalue weighted by atomic mass is 10.7. The summed E-state index contributed by atoms with van der Waals surface area (Å²) in [6, 6.07) is 0. The average Bonchev–Trinajstić information content (AvgIpc) is 1.59. The minimum atomic E-state index is -4.25. The van der Waals surface area contributed by atoms with Crippen molar-refractivity contribution in [1.29, 1.82) is 0 Å². The maximum atomic E-state index is 11.3. The van der Waals surface area contributed by atoms with Crippen LogP contribution in [-0.4, -0.2) is 24.0 Å². The van der Waals surface area contributed by atoms with Gasteiger partial charge in [-0.2, -0.15) is 38.4 Å². The third-order valence-corrected chi connectivity index (χ3v) is 0.831. The van der Waals surface area contributed by atoms with Gasteiger partial charge in [0.1, 0.15) is 6.61 Å². The van der Waals surface area contributed by atoms with Gasteiger partial charge in [0.05, 0.1) is 11.2 Å². The zero-order valence-corrected chi connectivity index (χ0v) is 6.72. The van der Waals surface area contributed by atoms with Gasteiger partial charge < -0.3 is 4.74 Å². The van der Waals surface area contributed by atoms with Crippen LogP contribution in [0, 0.1) is 0 Å². The molecule has 0 amide bonds. The Kier molecular flexibility index (Phi) is 4.55. The van der Waals surface area contributed by atoms with Crippen LogP contribution >= 0.6 is 25.3 Å². The molecule has 0 heterocycles. The van der Waals surface area contributed by atoms with Gasteiger partial charge in [-0.1, -0.05) is 0 Å². The minimum absolute atomic E-state index is 0.105. The molecule has 0 atom stereocenters. The fourth-order valence-electron chi connectivity index (χ4n) is 0.280. The Morgan fingerprint density at radius 2 is 1.80 bits per heavy atom. The molecular formula is C4H7F3OS2. The summed E-state index contributed by atoms with van der Waals surface area (Å²) in [5.41, 5.74) is 0. The first kappa shape index (κ1) is 10.4. The Bertz CT molecular complexity index is 93.0. The quantitative estimate of drug-likeness (QED) is 0.511. The summed E-state index contributed by atoms with van der Waals surface area (Å²) in [5.74, 6) is 0. The van der Waals surface area contributed by atoms with Crippen LogP contribution in [0.25, 0.3) is 0 Å². The maximum Gasteiger partial charge on any atom is 0.411 e. The van der Waals surface area contributed by atoms with Crippen LogP contribution in [0.15, 0.2) is 0 Å². The Labute approximate surface area is 67.8 Å². The number of rotatable bonds is 3. The first-order chi connectivity index (χ1) is 4.42. The van der Waals surface area contributed by atoms with E-state index in [0.717, 1.165) is 0 Å². The number of hydrogen-bond donors (Lipinski definition) is 2. The molecule has 0 aromatic heterocycles. The largest absolute Gasteiger partial charge is 0.411 e. The van der Waals surface area contributed by atoms with Crippen molar-refractivity contribution in [2.24, 2.45) is 0 Å². The third-order valence-electron chi connectivity index (χ3n) is 0.533. The zero-order chi connectivity index (χ0) is 8.20.